The highest BCUT2D eigenvalue weighted by Crippen LogP contribution is 2.29. The highest BCUT2D eigenvalue weighted by Gasteiger charge is 2.12. The van der Waals surface area contributed by atoms with Crippen molar-refractivity contribution >= 4 is 33.3 Å². The molecule has 2 rings (SSSR count). The van der Waals surface area contributed by atoms with Crippen LogP contribution < -0.4 is 11.1 Å². The van der Waals surface area contributed by atoms with Gasteiger partial charge in [-0.2, -0.15) is 0 Å². The van der Waals surface area contributed by atoms with Crippen molar-refractivity contribution in [2.75, 3.05) is 11.1 Å². The van der Waals surface area contributed by atoms with E-state index in [0.29, 0.717) is 4.47 Å². The Bertz CT molecular complexity index is 542. The van der Waals surface area contributed by atoms with E-state index >= 15 is 0 Å². The second-order valence-corrected chi connectivity index (χ2v) is 3.94. The van der Waals surface area contributed by atoms with Crippen LogP contribution in [-0.2, 0) is 0 Å². The zero-order valence-electron chi connectivity index (χ0n) is 8.42. The number of halogens is 3. The quantitative estimate of drug-likeness (QED) is 0.895. The van der Waals surface area contributed by atoms with Gasteiger partial charge in [0.2, 0.25) is 0 Å². The van der Waals surface area contributed by atoms with Gasteiger partial charge in [-0.25, -0.2) is 18.7 Å². The second-order valence-electron chi connectivity index (χ2n) is 3.14. The van der Waals surface area contributed by atoms with Gasteiger partial charge in [0.1, 0.15) is 39.8 Å². The molecule has 0 aliphatic carbocycles. The standard InChI is InChI=1S/C10H7BrF2N4/c11-7-9(14)15-4-16-10(7)17-8-5(12)2-1-3-6(8)13/h1-4H,(H3,14,15,16,17). The van der Waals surface area contributed by atoms with Crippen molar-refractivity contribution in [3.63, 3.8) is 0 Å². The number of anilines is 3. The number of hydrogen-bond donors (Lipinski definition) is 2. The van der Waals surface area contributed by atoms with Gasteiger partial charge in [0, 0.05) is 0 Å². The first-order chi connectivity index (χ1) is 8.09. The molecule has 0 fully saturated rings. The van der Waals surface area contributed by atoms with Gasteiger partial charge >= 0.3 is 0 Å². The summed E-state index contributed by atoms with van der Waals surface area (Å²) >= 11 is 3.13. The monoisotopic (exact) mass is 300 g/mol. The maximum atomic E-state index is 13.4. The normalized spacial score (nSPS) is 10.3. The predicted octanol–water partition coefficient (Wildman–Crippen LogP) is 2.84. The SMILES string of the molecule is Nc1ncnc(Nc2c(F)cccc2F)c1Br. The molecule has 17 heavy (non-hydrogen) atoms. The Labute approximate surface area is 104 Å². The second kappa shape index (κ2) is 4.62. The summed E-state index contributed by atoms with van der Waals surface area (Å²) < 4.78 is 27.1. The molecule has 0 unspecified atom stereocenters. The number of nitrogens with one attached hydrogen (secondary N) is 1. The van der Waals surface area contributed by atoms with Gasteiger partial charge in [0.05, 0.1) is 0 Å². The fourth-order valence-electron chi connectivity index (χ4n) is 1.21. The summed E-state index contributed by atoms with van der Waals surface area (Å²) in [6, 6.07) is 3.56. The van der Waals surface area contributed by atoms with Crippen molar-refractivity contribution in [3.05, 3.63) is 40.6 Å². The number of rotatable bonds is 2. The van der Waals surface area contributed by atoms with Crippen LogP contribution in [0, 0.1) is 11.6 Å². The summed E-state index contributed by atoms with van der Waals surface area (Å²) in [6.45, 7) is 0. The lowest BCUT2D eigenvalue weighted by molar-refractivity contribution is 0.590. The molecule has 1 heterocycles. The van der Waals surface area contributed by atoms with Crippen LogP contribution in [0.1, 0.15) is 0 Å². The molecular formula is C10H7BrF2N4. The van der Waals surface area contributed by atoms with Gasteiger partial charge in [-0.15, -0.1) is 0 Å². The van der Waals surface area contributed by atoms with Crippen LogP contribution in [0.2, 0.25) is 0 Å². The molecule has 0 bridgehead atoms. The van der Waals surface area contributed by atoms with Gasteiger partial charge in [-0.1, -0.05) is 6.07 Å². The van der Waals surface area contributed by atoms with Crippen molar-refractivity contribution < 1.29 is 8.78 Å². The Morgan fingerprint density at radius 3 is 2.47 bits per heavy atom. The lowest BCUT2D eigenvalue weighted by Crippen LogP contribution is -2.02. The van der Waals surface area contributed by atoms with Gasteiger partial charge in [-0.3, -0.25) is 0 Å². The topological polar surface area (TPSA) is 63.8 Å². The summed E-state index contributed by atoms with van der Waals surface area (Å²) in [6.07, 6.45) is 1.20. The number of para-hydroxylation sites is 1. The van der Waals surface area contributed by atoms with E-state index in [1.54, 1.807) is 0 Å². The third-order valence-corrected chi connectivity index (χ3v) is 2.80. The Morgan fingerprint density at radius 2 is 1.82 bits per heavy atom. The third kappa shape index (κ3) is 2.33. The number of benzene rings is 1. The molecule has 0 aliphatic rings. The molecule has 0 atom stereocenters. The third-order valence-electron chi connectivity index (χ3n) is 2.02. The van der Waals surface area contributed by atoms with E-state index < -0.39 is 11.6 Å². The Balaban J connectivity index is 2.42. The van der Waals surface area contributed by atoms with Crippen LogP contribution in [0.15, 0.2) is 29.0 Å². The fourth-order valence-corrected chi connectivity index (χ4v) is 1.51. The summed E-state index contributed by atoms with van der Waals surface area (Å²) in [4.78, 5) is 7.55. The minimum absolute atomic E-state index is 0.180. The molecule has 0 spiro atoms. The van der Waals surface area contributed by atoms with Crippen molar-refractivity contribution in [3.8, 4) is 0 Å². The average Bonchev–Trinajstić information content (AvgIpc) is 2.29. The first-order valence-electron chi connectivity index (χ1n) is 4.56. The van der Waals surface area contributed by atoms with Crippen molar-refractivity contribution in [2.45, 2.75) is 0 Å². The van der Waals surface area contributed by atoms with Crippen LogP contribution in [0.5, 0.6) is 0 Å². The van der Waals surface area contributed by atoms with Crippen LogP contribution >= 0.6 is 15.9 Å². The maximum absolute atomic E-state index is 13.4. The van der Waals surface area contributed by atoms with E-state index in [2.05, 4.69) is 31.2 Å². The summed E-state index contributed by atoms with van der Waals surface area (Å²) in [5.41, 5.74) is 5.24. The van der Waals surface area contributed by atoms with E-state index in [0.717, 1.165) is 12.1 Å². The van der Waals surface area contributed by atoms with Crippen LogP contribution in [0.25, 0.3) is 0 Å². The molecule has 1 aromatic carbocycles. The molecule has 2 aromatic rings. The van der Waals surface area contributed by atoms with E-state index in [1.807, 2.05) is 0 Å². The number of nitrogen functional groups attached to an aromatic ring is 1. The van der Waals surface area contributed by atoms with E-state index in [1.165, 1.54) is 12.4 Å². The number of nitrogens with zero attached hydrogens (tertiary/aromatic N) is 2. The highest BCUT2D eigenvalue weighted by molar-refractivity contribution is 9.10. The molecule has 0 saturated carbocycles. The molecule has 88 valence electrons. The predicted molar refractivity (Wildman–Crippen MR) is 63.8 cm³/mol. The molecule has 4 nitrogen and oxygen atoms in total. The minimum atomic E-state index is -0.714. The zero-order valence-corrected chi connectivity index (χ0v) is 10.0. The Kier molecular flexibility index (Phi) is 3.19. The lowest BCUT2D eigenvalue weighted by atomic mass is 10.3. The minimum Gasteiger partial charge on any atom is -0.383 e. The van der Waals surface area contributed by atoms with Crippen LogP contribution in [0.4, 0.5) is 26.1 Å². The van der Waals surface area contributed by atoms with Crippen LogP contribution in [-0.4, -0.2) is 9.97 Å². The average molecular weight is 301 g/mol. The molecule has 0 saturated heterocycles. The van der Waals surface area contributed by atoms with E-state index in [4.69, 9.17) is 5.73 Å². The first-order valence-corrected chi connectivity index (χ1v) is 5.36. The van der Waals surface area contributed by atoms with Crippen molar-refractivity contribution in [2.24, 2.45) is 0 Å². The van der Waals surface area contributed by atoms with Crippen molar-refractivity contribution in [1.82, 2.24) is 9.97 Å². The zero-order chi connectivity index (χ0) is 12.4. The fraction of sp³-hybridized carbons (Fsp3) is 0. The summed E-state index contributed by atoms with van der Waals surface area (Å²) in [5.74, 6) is -1.05. The number of nitrogens with two attached hydrogens (primary N) is 1. The van der Waals surface area contributed by atoms with Gasteiger partial charge < -0.3 is 11.1 Å². The van der Waals surface area contributed by atoms with E-state index in [-0.39, 0.29) is 17.3 Å². The molecular weight excluding hydrogens is 294 g/mol. The molecule has 1 aromatic heterocycles. The number of hydrogen-bond acceptors (Lipinski definition) is 4. The van der Waals surface area contributed by atoms with Gasteiger partial charge in [0.15, 0.2) is 0 Å². The Morgan fingerprint density at radius 1 is 1.18 bits per heavy atom. The number of aromatic nitrogens is 2. The molecule has 7 heteroatoms. The van der Waals surface area contributed by atoms with Crippen LogP contribution in [0.3, 0.4) is 0 Å². The lowest BCUT2D eigenvalue weighted by Gasteiger charge is -2.09. The highest BCUT2D eigenvalue weighted by atomic mass is 79.9. The van der Waals surface area contributed by atoms with E-state index in [9.17, 15) is 8.78 Å². The van der Waals surface area contributed by atoms with Gasteiger partial charge in [0.25, 0.3) is 0 Å². The first kappa shape index (κ1) is 11.7. The van der Waals surface area contributed by atoms with Gasteiger partial charge in [-0.05, 0) is 28.1 Å². The molecule has 0 radical (unpaired) electrons. The summed E-state index contributed by atoms with van der Waals surface area (Å²) in [7, 11) is 0. The molecule has 0 aliphatic heterocycles. The molecule has 3 N–H and O–H groups in total. The largest absolute Gasteiger partial charge is 0.383 e. The summed E-state index contributed by atoms with van der Waals surface area (Å²) in [5, 5.41) is 2.52. The Hall–Kier alpha value is -1.76. The molecule has 0 amide bonds. The smallest absolute Gasteiger partial charge is 0.150 e. The maximum Gasteiger partial charge on any atom is 0.150 e. The van der Waals surface area contributed by atoms with Crippen molar-refractivity contribution in [1.29, 1.82) is 0 Å².